The van der Waals surface area contributed by atoms with Crippen molar-refractivity contribution in [2.45, 2.75) is 51.1 Å². The van der Waals surface area contributed by atoms with E-state index in [2.05, 4.69) is 5.32 Å². The second kappa shape index (κ2) is 14.7. The van der Waals surface area contributed by atoms with Crippen molar-refractivity contribution >= 4 is 23.8 Å². The van der Waals surface area contributed by atoms with Gasteiger partial charge in [-0.25, -0.2) is 9.59 Å². The van der Waals surface area contributed by atoms with Crippen LogP contribution in [0.2, 0.25) is 0 Å². The Kier molecular flexibility index (Phi) is 14.2. The van der Waals surface area contributed by atoms with Crippen LogP contribution in [0.15, 0.2) is 30.3 Å². The molecule has 7 N–H and O–H groups in total. The Morgan fingerprint density at radius 3 is 1.59 bits per heavy atom. The average Bonchev–Trinajstić information content (AvgIpc) is 2.67. The third kappa shape index (κ3) is 16.3. The summed E-state index contributed by atoms with van der Waals surface area (Å²) in [6, 6.07) is 8.16. The van der Waals surface area contributed by atoms with Crippen LogP contribution in [0.5, 0.6) is 0 Å². The highest BCUT2D eigenvalue weighted by atomic mass is 19.4. The lowest BCUT2D eigenvalue weighted by Gasteiger charge is -2.20. The summed E-state index contributed by atoms with van der Waals surface area (Å²) in [5.41, 5.74) is 12.1. The standard InChI is InChI=1S/C15H23N3O2.2C2HF3O2/c1-10(2)8-13(14(17)19)18-15(20)12(16)9-11-6-4-3-5-7-11;2*3-2(4,5)1(6)7/h3-7,10,12-13H,8-9,16H2,1-2H3,(H2,17,19)(H,18,20);2*(H,6,7)/t12-,13-;;/m1../s1. The van der Waals surface area contributed by atoms with E-state index in [0.717, 1.165) is 5.56 Å². The first kappa shape index (κ1) is 32.8. The van der Waals surface area contributed by atoms with E-state index in [9.17, 15) is 35.9 Å². The predicted octanol–water partition coefficient (Wildman–Crippen LogP) is 1.84. The molecular weight excluding hydrogens is 480 g/mol. The average molecular weight is 505 g/mol. The van der Waals surface area contributed by atoms with E-state index in [4.69, 9.17) is 31.3 Å². The monoisotopic (exact) mass is 505 g/mol. The first-order valence-electron chi connectivity index (χ1n) is 9.28. The zero-order chi connectivity index (χ0) is 27.3. The van der Waals surface area contributed by atoms with Crippen molar-refractivity contribution < 1.29 is 55.7 Å². The van der Waals surface area contributed by atoms with Gasteiger partial charge in [0.15, 0.2) is 0 Å². The van der Waals surface area contributed by atoms with Gasteiger partial charge in [0.2, 0.25) is 11.8 Å². The maximum atomic E-state index is 12.0. The number of amides is 2. The van der Waals surface area contributed by atoms with Crippen molar-refractivity contribution in [3.05, 3.63) is 35.9 Å². The summed E-state index contributed by atoms with van der Waals surface area (Å²) in [4.78, 5) is 41.1. The van der Waals surface area contributed by atoms with Gasteiger partial charge >= 0.3 is 24.3 Å². The van der Waals surface area contributed by atoms with Crippen LogP contribution < -0.4 is 16.8 Å². The number of aliphatic carboxylic acids is 2. The van der Waals surface area contributed by atoms with Crippen molar-refractivity contribution in [1.82, 2.24) is 5.32 Å². The summed E-state index contributed by atoms with van der Waals surface area (Å²) in [5.74, 6) is -6.13. The van der Waals surface area contributed by atoms with E-state index in [1.807, 2.05) is 44.2 Å². The molecule has 1 rings (SSSR count). The molecule has 34 heavy (non-hydrogen) atoms. The molecule has 0 unspecified atom stereocenters. The molecule has 0 saturated heterocycles. The van der Waals surface area contributed by atoms with Crippen LogP contribution in [0, 0.1) is 5.92 Å². The van der Waals surface area contributed by atoms with Gasteiger partial charge in [-0.1, -0.05) is 44.2 Å². The van der Waals surface area contributed by atoms with E-state index >= 15 is 0 Å². The Morgan fingerprint density at radius 2 is 1.29 bits per heavy atom. The zero-order valence-corrected chi connectivity index (χ0v) is 18.0. The largest absolute Gasteiger partial charge is 0.490 e. The van der Waals surface area contributed by atoms with E-state index < -0.39 is 42.3 Å². The molecule has 9 nitrogen and oxygen atoms in total. The Balaban J connectivity index is 0. The predicted molar refractivity (Wildman–Crippen MR) is 106 cm³/mol. The number of hydrogen-bond acceptors (Lipinski definition) is 5. The molecule has 15 heteroatoms. The van der Waals surface area contributed by atoms with Gasteiger partial charge in [-0.3, -0.25) is 9.59 Å². The summed E-state index contributed by atoms with van der Waals surface area (Å²) in [5, 5.41) is 16.9. The minimum atomic E-state index is -5.08. The first-order valence-corrected chi connectivity index (χ1v) is 9.28. The zero-order valence-electron chi connectivity index (χ0n) is 18.0. The number of halogens is 6. The molecule has 0 fully saturated rings. The highest BCUT2D eigenvalue weighted by Crippen LogP contribution is 2.13. The van der Waals surface area contributed by atoms with Crippen LogP contribution in [0.4, 0.5) is 26.3 Å². The van der Waals surface area contributed by atoms with Crippen LogP contribution >= 0.6 is 0 Å². The summed E-state index contributed by atoms with van der Waals surface area (Å²) in [6.07, 6.45) is -9.22. The number of primary amides is 1. The lowest BCUT2D eigenvalue weighted by molar-refractivity contribution is -0.193. The van der Waals surface area contributed by atoms with Gasteiger partial charge < -0.3 is 27.0 Å². The molecule has 194 valence electrons. The van der Waals surface area contributed by atoms with E-state index in [-0.39, 0.29) is 11.8 Å². The topological polar surface area (TPSA) is 173 Å². The molecule has 0 aromatic heterocycles. The molecule has 0 aliphatic carbocycles. The molecule has 1 aromatic carbocycles. The van der Waals surface area contributed by atoms with E-state index in [1.54, 1.807) is 0 Å². The van der Waals surface area contributed by atoms with Gasteiger partial charge in [-0.05, 0) is 24.3 Å². The Bertz CT molecular complexity index is 776. The molecule has 0 aliphatic heterocycles. The van der Waals surface area contributed by atoms with Crippen LogP contribution in [-0.4, -0.2) is 58.4 Å². The van der Waals surface area contributed by atoms with Gasteiger partial charge in [0, 0.05) is 0 Å². The molecule has 0 saturated carbocycles. The third-order valence-corrected chi connectivity index (χ3v) is 3.49. The van der Waals surface area contributed by atoms with Crippen LogP contribution in [-0.2, 0) is 25.6 Å². The van der Waals surface area contributed by atoms with Crippen LogP contribution in [0.1, 0.15) is 25.8 Å². The summed E-state index contributed by atoms with van der Waals surface area (Å²) in [7, 11) is 0. The number of carbonyl (C=O) groups is 4. The lowest BCUT2D eigenvalue weighted by Crippen LogP contribution is -2.51. The van der Waals surface area contributed by atoms with Crippen molar-refractivity contribution in [2.24, 2.45) is 17.4 Å². The fourth-order valence-electron chi connectivity index (χ4n) is 1.96. The fraction of sp³-hybridized carbons (Fsp3) is 0.474. The Morgan fingerprint density at radius 1 is 0.912 bits per heavy atom. The van der Waals surface area contributed by atoms with Crippen molar-refractivity contribution in [1.29, 1.82) is 0 Å². The van der Waals surface area contributed by atoms with Gasteiger partial charge in [0.05, 0.1) is 6.04 Å². The molecule has 0 bridgehead atoms. The maximum Gasteiger partial charge on any atom is 0.490 e. The minimum absolute atomic E-state index is 0.262. The highest BCUT2D eigenvalue weighted by molar-refractivity contribution is 5.89. The van der Waals surface area contributed by atoms with Crippen LogP contribution in [0.25, 0.3) is 0 Å². The first-order chi connectivity index (χ1) is 15.3. The summed E-state index contributed by atoms with van der Waals surface area (Å²) in [6.45, 7) is 3.93. The number of rotatable bonds is 7. The SMILES string of the molecule is CC(C)C[C@@H](NC(=O)[C@H](N)Cc1ccccc1)C(N)=O.O=C(O)C(F)(F)F.O=C(O)C(F)(F)F. The van der Waals surface area contributed by atoms with Gasteiger partial charge in [0.1, 0.15) is 6.04 Å². The third-order valence-electron chi connectivity index (χ3n) is 3.49. The molecule has 0 radical (unpaired) electrons. The molecule has 0 heterocycles. The second-order valence-electron chi connectivity index (χ2n) is 7.00. The number of carboxylic acid groups (broad SMARTS) is 2. The van der Waals surface area contributed by atoms with Crippen molar-refractivity contribution in [3.8, 4) is 0 Å². The van der Waals surface area contributed by atoms with Crippen molar-refractivity contribution in [2.75, 3.05) is 0 Å². The number of hydrogen-bond donors (Lipinski definition) is 5. The Hall–Kier alpha value is -3.36. The quantitative estimate of drug-likeness (QED) is 0.352. The fourth-order valence-corrected chi connectivity index (χ4v) is 1.96. The normalized spacial score (nSPS) is 12.8. The number of benzene rings is 1. The summed E-state index contributed by atoms with van der Waals surface area (Å²) < 4.78 is 63.5. The number of carboxylic acids is 2. The van der Waals surface area contributed by atoms with Gasteiger partial charge in [-0.2, -0.15) is 26.3 Å². The van der Waals surface area contributed by atoms with Crippen LogP contribution in [0.3, 0.4) is 0 Å². The number of alkyl halides is 6. The van der Waals surface area contributed by atoms with Crippen molar-refractivity contribution in [3.63, 3.8) is 0 Å². The maximum absolute atomic E-state index is 12.0. The number of nitrogens with two attached hydrogens (primary N) is 2. The highest BCUT2D eigenvalue weighted by Gasteiger charge is 2.38. The molecule has 2 amide bonds. The molecule has 0 aliphatic rings. The summed E-state index contributed by atoms with van der Waals surface area (Å²) >= 11 is 0. The Labute approximate surface area is 190 Å². The van der Waals surface area contributed by atoms with Gasteiger partial charge in [0.25, 0.3) is 0 Å². The second-order valence-corrected chi connectivity index (χ2v) is 7.00. The number of nitrogens with one attached hydrogen (secondary N) is 1. The van der Waals surface area contributed by atoms with E-state index in [0.29, 0.717) is 12.8 Å². The molecule has 2 atom stereocenters. The van der Waals surface area contributed by atoms with E-state index in [1.165, 1.54) is 0 Å². The molecule has 0 spiro atoms. The smallest absolute Gasteiger partial charge is 0.475 e. The van der Waals surface area contributed by atoms with Gasteiger partial charge in [-0.15, -0.1) is 0 Å². The lowest BCUT2D eigenvalue weighted by atomic mass is 10.0. The molecular formula is C19H25F6N3O6. The minimum Gasteiger partial charge on any atom is -0.475 e. The number of carbonyl (C=O) groups excluding carboxylic acids is 2. The molecule has 1 aromatic rings.